The van der Waals surface area contributed by atoms with Gasteiger partial charge in [0.2, 0.25) is 5.91 Å². The summed E-state index contributed by atoms with van der Waals surface area (Å²) in [5, 5.41) is 18.6. The number of aromatic nitrogens is 2. The second-order valence-corrected chi connectivity index (χ2v) is 8.61. The third-order valence-electron chi connectivity index (χ3n) is 4.29. The zero-order valence-electron chi connectivity index (χ0n) is 16.0. The van der Waals surface area contributed by atoms with Crippen molar-refractivity contribution in [3.05, 3.63) is 71.6 Å². The molecule has 6 nitrogen and oxygen atoms in total. The predicted molar refractivity (Wildman–Crippen MR) is 122 cm³/mol. The number of hydrogen-bond acceptors (Lipinski definition) is 7. The third kappa shape index (κ3) is 4.43. The maximum Gasteiger partial charge on any atom is 0.238 e. The molecule has 0 saturated carbocycles. The van der Waals surface area contributed by atoms with Crippen LogP contribution < -0.4 is 10.6 Å². The Balaban J connectivity index is 1.58. The van der Waals surface area contributed by atoms with E-state index in [1.54, 1.807) is 18.4 Å². The Morgan fingerprint density at radius 3 is 2.67 bits per heavy atom. The highest BCUT2D eigenvalue weighted by molar-refractivity contribution is 8.00. The monoisotopic (exact) mass is 431 g/mol. The number of carbonyl (C=O) groups is 1. The second-order valence-electron chi connectivity index (χ2n) is 6.39. The van der Waals surface area contributed by atoms with Gasteiger partial charge in [0.05, 0.1) is 16.3 Å². The topological polar surface area (TPSA) is 90.7 Å². The van der Waals surface area contributed by atoms with Crippen molar-refractivity contribution in [2.24, 2.45) is 0 Å². The van der Waals surface area contributed by atoms with Crippen molar-refractivity contribution in [2.75, 3.05) is 10.6 Å². The maximum atomic E-state index is 12.6. The van der Waals surface area contributed by atoms with E-state index >= 15 is 0 Å². The fourth-order valence-corrected chi connectivity index (χ4v) is 4.30. The van der Waals surface area contributed by atoms with E-state index in [1.165, 1.54) is 23.1 Å². The zero-order valence-corrected chi connectivity index (χ0v) is 17.6. The Labute approximate surface area is 182 Å². The van der Waals surface area contributed by atoms with E-state index in [-0.39, 0.29) is 5.91 Å². The Bertz CT molecular complexity index is 1230. The maximum absolute atomic E-state index is 12.6. The van der Waals surface area contributed by atoms with Gasteiger partial charge < -0.3 is 10.6 Å². The summed E-state index contributed by atoms with van der Waals surface area (Å²) in [6.45, 7) is 1.79. The van der Waals surface area contributed by atoms with Gasteiger partial charge in [0.1, 0.15) is 16.9 Å². The largest absolute Gasteiger partial charge is 0.340 e. The number of para-hydroxylation sites is 2. The number of hydrogen-bond donors (Lipinski definition) is 2. The van der Waals surface area contributed by atoms with Crippen LogP contribution in [0.15, 0.2) is 71.2 Å². The van der Waals surface area contributed by atoms with E-state index in [1.807, 2.05) is 54.6 Å². The van der Waals surface area contributed by atoms with Crippen molar-refractivity contribution in [2.45, 2.75) is 17.3 Å². The number of nitrogens with zero attached hydrogens (tertiary/aromatic N) is 3. The SMILES string of the molecule is CC(Sc1nc(Nc2ccccc2)c2ccccc2n1)C(=O)Nc1sccc1C#N. The number of thiophene rings is 1. The normalized spacial score (nSPS) is 11.6. The number of rotatable bonds is 6. The number of benzene rings is 2. The molecule has 1 unspecified atom stereocenters. The molecule has 2 heterocycles. The molecule has 1 amide bonds. The first-order chi connectivity index (χ1) is 14.6. The highest BCUT2D eigenvalue weighted by Crippen LogP contribution is 2.30. The van der Waals surface area contributed by atoms with Crippen molar-refractivity contribution in [3.63, 3.8) is 0 Å². The lowest BCUT2D eigenvalue weighted by Crippen LogP contribution is -2.22. The molecule has 30 heavy (non-hydrogen) atoms. The standard InChI is InChI=1S/C22H17N5OS2/c1-14(20(28)27-21-15(13-23)11-12-29-21)30-22-25-18-10-6-5-9-17(18)19(26-22)24-16-7-3-2-4-8-16/h2-12,14H,1H3,(H,27,28)(H,24,25,26). The molecular weight excluding hydrogens is 414 g/mol. The molecule has 4 rings (SSSR count). The molecule has 0 fully saturated rings. The van der Waals surface area contributed by atoms with Gasteiger partial charge in [0.15, 0.2) is 5.16 Å². The lowest BCUT2D eigenvalue weighted by Gasteiger charge is -2.13. The first-order valence-electron chi connectivity index (χ1n) is 9.18. The molecule has 0 radical (unpaired) electrons. The van der Waals surface area contributed by atoms with Crippen molar-refractivity contribution < 1.29 is 4.79 Å². The van der Waals surface area contributed by atoms with Gasteiger partial charge in [-0.2, -0.15) is 5.26 Å². The van der Waals surface area contributed by atoms with Gasteiger partial charge in [0.25, 0.3) is 0 Å². The molecule has 1 atom stereocenters. The number of thioether (sulfide) groups is 1. The molecule has 0 aliphatic heterocycles. The van der Waals surface area contributed by atoms with E-state index in [0.717, 1.165) is 16.6 Å². The molecule has 2 aromatic heterocycles. The number of nitriles is 1. The summed E-state index contributed by atoms with van der Waals surface area (Å²) in [5.41, 5.74) is 2.18. The van der Waals surface area contributed by atoms with Crippen molar-refractivity contribution in [1.29, 1.82) is 5.26 Å². The van der Waals surface area contributed by atoms with E-state index in [2.05, 4.69) is 26.7 Å². The quantitative estimate of drug-likeness (QED) is 0.313. The van der Waals surface area contributed by atoms with Crippen molar-refractivity contribution in [3.8, 4) is 6.07 Å². The number of anilines is 3. The molecule has 0 saturated heterocycles. The van der Waals surface area contributed by atoms with Crippen molar-refractivity contribution in [1.82, 2.24) is 9.97 Å². The highest BCUT2D eigenvalue weighted by atomic mass is 32.2. The van der Waals surface area contributed by atoms with Gasteiger partial charge in [-0.15, -0.1) is 11.3 Å². The number of nitrogens with one attached hydrogen (secondary N) is 2. The minimum Gasteiger partial charge on any atom is -0.340 e. The van der Waals surface area contributed by atoms with E-state index in [4.69, 9.17) is 5.26 Å². The molecule has 0 aliphatic rings. The summed E-state index contributed by atoms with van der Waals surface area (Å²) in [4.78, 5) is 21.9. The van der Waals surface area contributed by atoms with Crippen LogP contribution in [0.25, 0.3) is 10.9 Å². The van der Waals surface area contributed by atoms with Gasteiger partial charge in [-0.3, -0.25) is 4.79 Å². The number of carbonyl (C=O) groups excluding carboxylic acids is 1. The first kappa shape index (κ1) is 19.9. The Kier molecular flexibility index (Phi) is 5.93. The average Bonchev–Trinajstić information content (AvgIpc) is 3.21. The summed E-state index contributed by atoms with van der Waals surface area (Å²) in [6.07, 6.45) is 0. The molecule has 0 aliphatic carbocycles. The lowest BCUT2D eigenvalue weighted by atomic mass is 10.2. The number of fused-ring (bicyclic) bond motifs is 1. The molecule has 2 N–H and O–H groups in total. The zero-order chi connectivity index (χ0) is 20.9. The van der Waals surface area contributed by atoms with Gasteiger partial charge in [-0.1, -0.05) is 42.1 Å². The van der Waals surface area contributed by atoms with E-state index in [9.17, 15) is 4.79 Å². The fourth-order valence-electron chi connectivity index (χ4n) is 2.78. The smallest absolute Gasteiger partial charge is 0.238 e. The van der Waals surface area contributed by atoms with Crippen LogP contribution >= 0.6 is 23.1 Å². The van der Waals surface area contributed by atoms with Crippen LogP contribution in [0.5, 0.6) is 0 Å². The second kappa shape index (κ2) is 8.95. The molecule has 2 aromatic carbocycles. The van der Waals surface area contributed by atoms with E-state index < -0.39 is 5.25 Å². The summed E-state index contributed by atoms with van der Waals surface area (Å²) in [7, 11) is 0. The predicted octanol–water partition coefficient (Wildman–Crippen LogP) is 5.43. The molecule has 4 aromatic rings. The van der Waals surface area contributed by atoms with Crippen LogP contribution in [-0.2, 0) is 4.79 Å². The van der Waals surface area contributed by atoms with Gasteiger partial charge >= 0.3 is 0 Å². The summed E-state index contributed by atoms with van der Waals surface area (Å²) < 4.78 is 0. The van der Waals surface area contributed by atoms with Gasteiger partial charge in [-0.25, -0.2) is 9.97 Å². The molecule has 0 spiro atoms. The minimum absolute atomic E-state index is 0.201. The summed E-state index contributed by atoms with van der Waals surface area (Å²) in [5.74, 6) is 0.486. The Hall–Kier alpha value is -3.41. The van der Waals surface area contributed by atoms with E-state index in [0.29, 0.717) is 21.5 Å². The van der Waals surface area contributed by atoms with Crippen LogP contribution in [-0.4, -0.2) is 21.1 Å². The first-order valence-corrected chi connectivity index (χ1v) is 10.9. The molecule has 8 heteroatoms. The summed E-state index contributed by atoms with van der Waals surface area (Å²) in [6, 6.07) is 21.3. The molecular formula is C22H17N5OS2. The van der Waals surface area contributed by atoms with Crippen LogP contribution in [0.4, 0.5) is 16.5 Å². The minimum atomic E-state index is -0.440. The molecule has 148 valence electrons. The average molecular weight is 432 g/mol. The number of amides is 1. The summed E-state index contributed by atoms with van der Waals surface area (Å²) >= 11 is 2.60. The third-order valence-corrected chi connectivity index (χ3v) is 6.08. The molecule has 0 bridgehead atoms. The van der Waals surface area contributed by atoms with Gasteiger partial charge in [-0.05, 0) is 42.6 Å². The van der Waals surface area contributed by atoms with Crippen LogP contribution in [0.1, 0.15) is 12.5 Å². The Morgan fingerprint density at radius 1 is 1.10 bits per heavy atom. The fraction of sp³-hybridized carbons (Fsp3) is 0.0909. The highest BCUT2D eigenvalue weighted by Gasteiger charge is 2.19. The van der Waals surface area contributed by atoms with Crippen LogP contribution in [0, 0.1) is 11.3 Å². The Morgan fingerprint density at radius 2 is 1.87 bits per heavy atom. The van der Waals surface area contributed by atoms with Crippen LogP contribution in [0.2, 0.25) is 0 Å². The van der Waals surface area contributed by atoms with Gasteiger partial charge in [0, 0.05) is 11.1 Å². The lowest BCUT2D eigenvalue weighted by molar-refractivity contribution is -0.115. The van der Waals surface area contributed by atoms with Crippen LogP contribution in [0.3, 0.4) is 0 Å². The van der Waals surface area contributed by atoms with Crippen molar-refractivity contribution >= 4 is 56.4 Å².